The molecular weight excluding hydrogens is 575 g/mol. The Kier molecular flexibility index (Phi) is 7.74. The van der Waals surface area contributed by atoms with E-state index >= 15 is 0 Å². The standard InChI is InChI=1S/C28H20Cl2N4O5S/c1-38-19-10-11-21(22(13-19)39-2)34-26(36)23(30)24(27(34)37)31-18-5-3-4-16(12-18)25(35)33-28-32-20(14-40-28)15-6-8-17(29)9-7-15/h3-14,31H,1-2H3,(H,32,33,35). The molecule has 202 valence electrons. The Morgan fingerprint density at radius 1 is 0.950 bits per heavy atom. The molecule has 0 atom stereocenters. The molecule has 0 bridgehead atoms. The summed E-state index contributed by atoms with van der Waals surface area (Å²) in [6.45, 7) is 0. The molecule has 1 aliphatic rings. The van der Waals surface area contributed by atoms with E-state index in [0.29, 0.717) is 32.8 Å². The first-order chi connectivity index (χ1) is 19.3. The minimum Gasteiger partial charge on any atom is -0.497 e. The number of carbonyl (C=O) groups is 3. The number of nitrogens with zero attached hydrogens (tertiary/aromatic N) is 2. The molecule has 0 fully saturated rings. The molecule has 0 saturated carbocycles. The number of aromatic nitrogens is 1. The summed E-state index contributed by atoms with van der Waals surface area (Å²) in [5.41, 5.74) is 2.34. The average Bonchev–Trinajstić information content (AvgIpc) is 3.51. The molecule has 0 radical (unpaired) electrons. The third kappa shape index (κ3) is 5.37. The quantitative estimate of drug-likeness (QED) is 0.235. The summed E-state index contributed by atoms with van der Waals surface area (Å²) in [5, 5.41) is 8.24. The zero-order chi connectivity index (χ0) is 28.4. The van der Waals surface area contributed by atoms with Gasteiger partial charge in [-0.25, -0.2) is 9.88 Å². The van der Waals surface area contributed by atoms with Gasteiger partial charge in [0.15, 0.2) is 5.13 Å². The molecular formula is C28H20Cl2N4O5S. The van der Waals surface area contributed by atoms with E-state index in [1.165, 1.54) is 37.7 Å². The topological polar surface area (TPSA) is 110 Å². The van der Waals surface area contributed by atoms with Crippen LogP contribution in [0.2, 0.25) is 5.02 Å². The molecule has 5 rings (SSSR count). The second-order valence-corrected chi connectivity index (χ2v) is 10.0. The molecule has 12 heteroatoms. The second kappa shape index (κ2) is 11.4. The molecule has 3 aromatic carbocycles. The first kappa shape index (κ1) is 27.2. The van der Waals surface area contributed by atoms with E-state index in [2.05, 4.69) is 15.6 Å². The Morgan fingerprint density at radius 2 is 1.73 bits per heavy atom. The molecule has 2 heterocycles. The lowest BCUT2D eigenvalue weighted by atomic mass is 10.2. The lowest BCUT2D eigenvalue weighted by molar-refractivity contribution is -0.120. The zero-order valence-corrected chi connectivity index (χ0v) is 23.4. The Hall–Kier alpha value is -4.38. The highest BCUT2D eigenvalue weighted by atomic mass is 35.5. The van der Waals surface area contributed by atoms with E-state index in [4.69, 9.17) is 32.7 Å². The van der Waals surface area contributed by atoms with Crippen LogP contribution in [0.3, 0.4) is 0 Å². The van der Waals surface area contributed by atoms with Gasteiger partial charge < -0.3 is 14.8 Å². The minimum atomic E-state index is -0.716. The fourth-order valence-electron chi connectivity index (χ4n) is 3.94. The molecule has 0 unspecified atom stereocenters. The number of hydrogen-bond acceptors (Lipinski definition) is 8. The molecule has 40 heavy (non-hydrogen) atoms. The molecule has 9 nitrogen and oxygen atoms in total. The summed E-state index contributed by atoms with van der Waals surface area (Å²) < 4.78 is 10.5. The van der Waals surface area contributed by atoms with Gasteiger partial charge in [0.1, 0.15) is 22.2 Å². The maximum absolute atomic E-state index is 13.3. The minimum absolute atomic E-state index is 0.130. The highest BCUT2D eigenvalue weighted by Gasteiger charge is 2.40. The molecule has 1 aromatic heterocycles. The predicted molar refractivity (Wildman–Crippen MR) is 155 cm³/mol. The summed E-state index contributed by atoms with van der Waals surface area (Å²) in [6, 6.07) is 18.3. The highest BCUT2D eigenvalue weighted by Crippen LogP contribution is 2.37. The monoisotopic (exact) mass is 594 g/mol. The van der Waals surface area contributed by atoms with Gasteiger partial charge in [0, 0.05) is 33.3 Å². The van der Waals surface area contributed by atoms with Crippen LogP contribution in [0.4, 0.5) is 16.5 Å². The maximum atomic E-state index is 13.3. The van der Waals surface area contributed by atoms with Crippen molar-refractivity contribution < 1.29 is 23.9 Å². The second-order valence-electron chi connectivity index (χ2n) is 8.38. The number of carbonyl (C=O) groups excluding carboxylic acids is 3. The Labute approximate surface area is 242 Å². The molecule has 0 spiro atoms. The van der Waals surface area contributed by atoms with Gasteiger partial charge in [-0.05, 0) is 42.5 Å². The zero-order valence-electron chi connectivity index (χ0n) is 21.0. The van der Waals surface area contributed by atoms with E-state index in [0.717, 1.165) is 10.5 Å². The molecule has 4 aromatic rings. The van der Waals surface area contributed by atoms with Crippen molar-refractivity contribution in [1.82, 2.24) is 4.98 Å². The first-order valence-corrected chi connectivity index (χ1v) is 13.3. The SMILES string of the molecule is COc1ccc(N2C(=O)C(Cl)=C(Nc3cccc(C(=O)Nc4nc(-c5ccc(Cl)cc5)cs4)c3)C2=O)c(OC)c1. The fourth-order valence-corrected chi connectivity index (χ4v) is 4.99. The van der Waals surface area contributed by atoms with E-state index < -0.39 is 17.7 Å². The highest BCUT2D eigenvalue weighted by molar-refractivity contribution is 7.14. The summed E-state index contributed by atoms with van der Waals surface area (Å²) in [5.74, 6) is -1.05. The average molecular weight is 595 g/mol. The summed E-state index contributed by atoms with van der Waals surface area (Å²) >= 11 is 13.5. The number of amides is 3. The van der Waals surface area contributed by atoms with Crippen LogP contribution in [0.15, 0.2) is 82.8 Å². The number of hydrogen-bond donors (Lipinski definition) is 2. The van der Waals surface area contributed by atoms with Crippen molar-refractivity contribution in [2.45, 2.75) is 0 Å². The largest absolute Gasteiger partial charge is 0.497 e. The van der Waals surface area contributed by atoms with Crippen LogP contribution in [-0.4, -0.2) is 36.9 Å². The van der Waals surface area contributed by atoms with E-state index in [9.17, 15) is 14.4 Å². The Morgan fingerprint density at radius 3 is 2.45 bits per heavy atom. The van der Waals surface area contributed by atoms with Crippen LogP contribution in [0.5, 0.6) is 11.5 Å². The van der Waals surface area contributed by atoms with E-state index in [1.807, 2.05) is 17.5 Å². The smallest absolute Gasteiger partial charge is 0.283 e. The maximum Gasteiger partial charge on any atom is 0.283 e. The summed E-state index contributed by atoms with van der Waals surface area (Å²) in [6.07, 6.45) is 0. The van der Waals surface area contributed by atoms with Gasteiger partial charge in [-0.2, -0.15) is 0 Å². The number of benzene rings is 3. The van der Waals surface area contributed by atoms with Crippen molar-refractivity contribution in [2.75, 3.05) is 29.8 Å². The Balaban J connectivity index is 1.32. The van der Waals surface area contributed by atoms with Crippen molar-refractivity contribution in [3.63, 3.8) is 0 Å². The van der Waals surface area contributed by atoms with Crippen molar-refractivity contribution in [3.05, 3.63) is 93.4 Å². The van der Waals surface area contributed by atoms with Crippen molar-refractivity contribution in [3.8, 4) is 22.8 Å². The van der Waals surface area contributed by atoms with Crippen LogP contribution in [0.25, 0.3) is 11.3 Å². The van der Waals surface area contributed by atoms with Crippen LogP contribution in [0.1, 0.15) is 10.4 Å². The van der Waals surface area contributed by atoms with Crippen LogP contribution in [-0.2, 0) is 9.59 Å². The Bertz CT molecular complexity index is 1670. The van der Waals surface area contributed by atoms with Gasteiger partial charge in [-0.3, -0.25) is 19.7 Å². The predicted octanol–water partition coefficient (Wildman–Crippen LogP) is 6.17. The lowest BCUT2D eigenvalue weighted by Crippen LogP contribution is -2.32. The van der Waals surface area contributed by atoms with E-state index in [-0.39, 0.29) is 22.2 Å². The molecule has 3 amide bonds. The van der Waals surface area contributed by atoms with Crippen LogP contribution in [0, 0.1) is 0 Å². The van der Waals surface area contributed by atoms with Gasteiger partial charge in [0.2, 0.25) is 0 Å². The van der Waals surface area contributed by atoms with Crippen LogP contribution >= 0.6 is 34.5 Å². The number of halogens is 2. The third-order valence-corrected chi connectivity index (χ3v) is 7.27. The normalized spacial score (nSPS) is 13.1. The van der Waals surface area contributed by atoms with Crippen molar-refractivity contribution in [2.24, 2.45) is 0 Å². The number of rotatable bonds is 8. The number of imide groups is 1. The van der Waals surface area contributed by atoms with Crippen LogP contribution < -0.4 is 25.0 Å². The third-order valence-electron chi connectivity index (χ3n) is 5.91. The summed E-state index contributed by atoms with van der Waals surface area (Å²) in [4.78, 5) is 44.6. The number of anilines is 3. The van der Waals surface area contributed by atoms with E-state index in [1.54, 1.807) is 42.5 Å². The summed E-state index contributed by atoms with van der Waals surface area (Å²) in [7, 11) is 2.91. The number of thiazole rings is 1. The molecule has 1 aliphatic heterocycles. The molecule has 2 N–H and O–H groups in total. The lowest BCUT2D eigenvalue weighted by Gasteiger charge is -2.18. The molecule has 0 saturated heterocycles. The first-order valence-electron chi connectivity index (χ1n) is 11.7. The van der Waals surface area contributed by atoms with Gasteiger partial charge in [0.25, 0.3) is 17.7 Å². The number of nitrogens with one attached hydrogen (secondary N) is 2. The van der Waals surface area contributed by atoms with Gasteiger partial charge in [-0.1, -0.05) is 41.4 Å². The van der Waals surface area contributed by atoms with Crippen molar-refractivity contribution in [1.29, 1.82) is 0 Å². The van der Waals surface area contributed by atoms with Crippen molar-refractivity contribution >= 4 is 68.8 Å². The number of methoxy groups -OCH3 is 2. The van der Waals surface area contributed by atoms with Gasteiger partial charge in [0.05, 0.1) is 25.6 Å². The molecule has 0 aliphatic carbocycles. The van der Waals surface area contributed by atoms with Gasteiger partial charge >= 0.3 is 0 Å². The fraction of sp³-hybridized carbons (Fsp3) is 0.0714. The van der Waals surface area contributed by atoms with Gasteiger partial charge in [-0.15, -0.1) is 11.3 Å². The number of ether oxygens (including phenoxy) is 2.